The quantitative estimate of drug-likeness (QED) is 0.794. The highest BCUT2D eigenvalue weighted by Gasteiger charge is 2.44. The Balaban J connectivity index is 2.01. The summed E-state index contributed by atoms with van der Waals surface area (Å²) in [5.74, 6) is 2.41. The predicted molar refractivity (Wildman–Crippen MR) is 65.5 cm³/mol. The molecule has 1 saturated carbocycles. The maximum atomic E-state index is 11.2. The van der Waals surface area contributed by atoms with E-state index in [1.165, 1.54) is 12.8 Å². The third-order valence-electron chi connectivity index (χ3n) is 4.15. The number of nitriles is 1. The zero-order chi connectivity index (χ0) is 12.9. The Morgan fingerprint density at radius 2 is 2.33 bits per heavy atom. The van der Waals surface area contributed by atoms with Gasteiger partial charge in [-0.3, -0.25) is 4.68 Å². The highest BCUT2D eigenvalue weighted by Crippen LogP contribution is 2.45. The molecule has 2 aliphatic rings. The first-order chi connectivity index (χ1) is 8.61. The van der Waals surface area contributed by atoms with Crippen LogP contribution in [0.25, 0.3) is 0 Å². The number of nitrogens with zero attached hydrogens (tertiary/aromatic N) is 3. The van der Waals surface area contributed by atoms with Gasteiger partial charge < -0.3 is 5.11 Å². The fraction of sp³-hybridized carbons (Fsp3) is 0.583. The fourth-order valence-corrected chi connectivity index (χ4v) is 3.10. The Kier molecular flexibility index (Phi) is 2.44. The van der Waals surface area contributed by atoms with Gasteiger partial charge in [-0.05, 0) is 25.0 Å². The summed E-state index contributed by atoms with van der Waals surface area (Å²) in [4.78, 5) is 11.2. The Morgan fingerprint density at radius 3 is 2.89 bits per heavy atom. The fourth-order valence-electron chi connectivity index (χ4n) is 3.10. The van der Waals surface area contributed by atoms with E-state index in [1.807, 2.05) is 4.68 Å². The third-order valence-corrected chi connectivity index (χ3v) is 4.15. The molecule has 1 atom stereocenters. The van der Waals surface area contributed by atoms with E-state index in [-0.39, 0.29) is 6.71 Å². The van der Waals surface area contributed by atoms with Gasteiger partial charge in [0.2, 0.25) is 0 Å². The van der Waals surface area contributed by atoms with E-state index < -0.39 is 5.97 Å². The molecule has 0 aromatic carbocycles. The summed E-state index contributed by atoms with van der Waals surface area (Å²) in [6.07, 6.45) is 2.93. The van der Waals surface area contributed by atoms with E-state index >= 15 is 0 Å². The number of carboxylic acid groups (broad SMARTS) is 1. The zero-order valence-corrected chi connectivity index (χ0v) is 10.3. The number of carbonyl (C=O) groups is 1. The maximum Gasteiger partial charge on any atom is 0.339 e. The number of aryl methyl sites for hydroxylation is 1. The lowest BCUT2D eigenvalue weighted by molar-refractivity contribution is 0.0695. The van der Waals surface area contributed by atoms with Gasteiger partial charge in [0.1, 0.15) is 5.56 Å². The summed E-state index contributed by atoms with van der Waals surface area (Å²) in [5, 5.41) is 22.8. The van der Waals surface area contributed by atoms with Crippen molar-refractivity contribution >= 4 is 12.7 Å². The second-order valence-corrected chi connectivity index (χ2v) is 5.34. The van der Waals surface area contributed by atoms with E-state index in [1.54, 1.807) is 6.92 Å². The standard InChI is InChI=1S/C12H14BN3O2/c1-7-11(12(17)18)10-4-13(6-14)9(8-2-3-8)5-16(10)15-7/h8-9H,2-5H2,1H3,(H,17,18). The molecule has 18 heavy (non-hydrogen) atoms. The number of carboxylic acids is 1. The van der Waals surface area contributed by atoms with Crippen molar-refractivity contribution < 1.29 is 9.90 Å². The minimum absolute atomic E-state index is 0.0563. The second-order valence-electron chi connectivity index (χ2n) is 5.34. The number of hydrogen-bond donors (Lipinski definition) is 1. The van der Waals surface area contributed by atoms with Crippen LogP contribution in [0.2, 0.25) is 5.82 Å². The van der Waals surface area contributed by atoms with Crippen LogP contribution in [0.5, 0.6) is 0 Å². The monoisotopic (exact) mass is 243 g/mol. The number of rotatable bonds is 2. The normalized spacial score (nSPS) is 22.4. The largest absolute Gasteiger partial charge is 0.478 e. The molecule has 0 spiro atoms. The van der Waals surface area contributed by atoms with Crippen molar-refractivity contribution in [2.24, 2.45) is 5.92 Å². The molecule has 6 heteroatoms. The molecule has 5 nitrogen and oxygen atoms in total. The molecule has 0 amide bonds. The average Bonchev–Trinajstić information content (AvgIpc) is 3.09. The molecule has 1 aromatic rings. The molecule has 1 aliphatic carbocycles. The molecule has 1 aliphatic heterocycles. The minimum Gasteiger partial charge on any atom is -0.478 e. The van der Waals surface area contributed by atoms with E-state index in [0.717, 1.165) is 5.69 Å². The van der Waals surface area contributed by atoms with Crippen LogP contribution in [0.3, 0.4) is 0 Å². The molecule has 2 heterocycles. The van der Waals surface area contributed by atoms with Crippen LogP contribution in [0.4, 0.5) is 0 Å². The molecule has 0 radical (unpaired) electrons. The molecular weight excluding hydrogens is 229 g/mol. The van der Waals surface area contributed by atoms with Crippen LogP contribution in [0.15, 0.2) is 0 Å². The topological polar surface area (TPSA) is 78.9 Å². The second kappa shape index (κ2) is 3.87. The van der Waals surface area contributed by atoms with Crippen molar-refractivity contribution in [3.63, 3.8) is 0 Å². The van der Waals surface area contributed by atoms with Gasteiger partial charge in [0, 0.05) is 18.2 Å². The van der Waals surface area contributed by atoms with E-state index in [0.29, 0.717) is 35.9 Å². The molecular formula is C12H14BN3O2. The van der Waals surface area contributed by atoms with Crippen molar-refractivity contribution in [3.8, 4) is 5.97 Å². The van der Waals surface area contributed by atoms with Crippen LogP contribution < -0.4 is 0 Å². The van der Waals surface area contributed by atoms with Crippen LogP contribution in [0.1, 0.15) is 34.6 Å². The molecule has 92 valence electrons. The van der Waals surface area contributed by atoms with Gasteiger partial charge in [0.15, 0.2) is 0 Å². The Morgan fingerprint density at radius 1 is 1.61 bits per heavy atom. The number of aromatic nitrogens is 2. The first-order valence-corrected chi connectivity index (χ1v) is 6.31. The van der Waals surface area contributed by atoms with Gasteiger partial charge in [-0.25, -0.2) is 10.1 Å². The van der Waals surface area contributed by atoms with Crippen molar-refractivity contribution in [1.82, 2.24) is 9.78 Å². The molecule has 3 rings (SSSR count). The first kappa shape index (κ1) is 11.3. The number of hydrogen-bond acceptors (Lipinski definition) is 3. The van der Waals surface area contributed by atoms with Crippen molar-refractivity contribution in [2.45, 2.75) is 38.4 Å². The van der Waals surface area contributed by atoms with Gasteiger partial charge in [0.05, 0.1) is 5.69 Å². The number of aromatic carboxylic acids is 1. The molecule has 1 aromatic heterocycles. The molecule has 1 N–H and O–H groups in total. The van der Waals surface area contributed by atoms with Gasteiger partial charge in [0.25, 0.3) is 6.71 Å². The predicted octanol–water partition coefficient (Wildman–Crippen LogP) is 1.32. The summed E-state index contributed by atoms with van der Waals surface area (Å²) in [6, 6.07) is 0. The Hall–Kier alpha value is -1.77. The van der Waals surface area contributed by atoms with Gasteiger partial charge >= 0.3 is 5.97 Å². The molecule has 1 fully saturated rings. The van der Waals surface area contributed by atoms with Crippen LogP contribution in [0, 0.1) is 24.1 Å². The Bertz CT molecular complexity index is 556. The number of fused-ring (bicyclic) bond motifs is 1. The van der Waals surface area contributed by atoms with Crippen LogP contribution in [-0.2, 0) is 12.9 Å². The van der Waals surface area contributed by atoms with E-state index in [4.69, 9.17) is 0 Å². The van der Waals surface area contributed by atoms with Gasteiger partial charge in [-0.15, -0.1) is 0 Å². The SMILES string of the molecule is Cc1nn2c(c1C(=O)O)CB(C#N)C(C1CC1)C2. The first-order valence-electron chi connectivity index (χ1n) is 6.31. The smallest absolute Gasteiger partial charge is 0.339 e. The summed E-state index contributed by atoms with van der Waals surface area (Å²) in [6.45, 7) is 2.37. The minimum atomic E-state index is -0.935. The Labute approximate surface area is 105 Å². The molecule has 0 bridgehead atoms. The summed E-state index contributed by atoms with van der Waals surface area (Å²) in [5.41, 5.74) is 1.58. The lowest BCUT2D eigenvalue weighted by Crippen LogP contribution is -2.35. The van der Waals surface area contributed by atoms with Crippen LogP contribution >= 0.6 is 0 Å². The highest BCUT2D eigenvalue weighted by molar-refractivity contribution is 6.68. The summed E-state index contributed by atoms with van der Waals surface area (Å²) < 4.78 is 1.82. The van der Waals surface area contributed by atoms with Crippen LogP contribution in [-0.4, -0.2) is 27.6 Å². The lowest BCUT2D eigenvalue weighted by atomic mass is 9.37. The molecule has 0 saturated heterocycles. The molecule has 1 unspecified atom stereocenters. The van der Waals surface area contributed by atoms with E-state index in [9.17, 15) is 15.2 Å². The summed E-state index contributed by atoms with van der Waals surface area (Å²) >= 11 is 0. The van der Waals surface area contributed by atoms with Crippen molar-refractivity contribution in [1.29, 1.82) is 5.26 Å². The van der Waals surface area contributed by atoms with Crippen molar-refractivity contribution in [2.75, 3.05) is 0 Å². The zero-order valence-electron chi connectivity index (χ0n) is 10.3. The van der Waals surface area contributed by atoms with E-state index in [2.05, 4.69) is 11.1 Å². The van der Waals surface area contributed by atoms with Crippen molar-refractivity contribution in [3.05, 3.63) is 17.0 Å². The average molecular weight is 243 g/mol. The summed E-state index contributed by atoms with van der Waals surface area (Å²) in [7, 11) is 0. The highest BCUT2D eigenvalue weighted by atomic mass is 16.4. The van der Waals surface area contributed by atoms with Gasteiger partial charge in [-0.1, -0.05) is 12.8 Å². The van der Waals surface area contributed by atoms with Gasteiger partial charge in [-0.2, -0.15) is 5.10 Å². The maximum absolute atomic E-state index is 11.2. The lowest BCUT2D eigenvalue weighted by Gasteiger charge is -2.25. The third kappa shape index (κ3) is 1.62.